The Labute approximate surface area is 159 Å². The Bertz CT molecular complexity index is 1110. The van der Waals surface area contributed by atoms with Gasteiger partial charge in [-0.15, -0.1) is 0 Å². The minimum absolute atomic E-state index is 0.380. The van der Waals surface area contributed by atoms with Gasteiger partial charge in [-0.2, -0.15) is 0 Å². The zero-order valence-electron chi connectivity index (χ0n) is 14.1. The van der Waals surface area contributed by atoms with E-state index >= 15 is 0 Å². The molecule has 0 spiro atoms. The number of benzene rings is 2. The second-order valence-electron chi connectivity index (χ2n) is 5.90. The molecule has 0 radical (unpaired) electrons. The largest absolute Gasteiger partial charge is 0.505 e. The van der Waals surface area contributed by atoms with Crippen molar-refractivity contribution in [3.63, 3.8) is 0 Å². The van der Waals surface area contributed by atoms with E-state index in [9.17, 15) is 9.50 Å². The van der Waals surface area contributed by atoms with Crippen LogP contribution in [0.25, 0.3) is 16.9 Å². The Hall–Kier alpha value is -3.10. The van der Waals surface area contributed by atoms with Gasteiger partial charge in [-0.1, -0.05) is 12.1 Å². The van der Waals surface area contributed by atoms with Crippen molar-refractivity contribution >= 4 is 23.4 Å². The number of nitrogens with one attached hydrogen (secondary N) is 1. The van der Waals surface area contributed by atoms with Gasteiger partial charge in [-0.05, 0) is 47.8 Å². The third kappa shape index (κ3) is 3.44. The number of phenolic OH excluding ortho intramolecular Hbond substituents is 1. The molecule has 2 heterocycles. The number of fused-ring (bicyclic) bond motifs is 1. The number of halogens is 1. The Balaban J connectivity index is 1.65. The van der Waals surface area contributed by atoms with Gasteiger partial charge in [-0.25, -0.2) is 14.4 Å². The molecule has 2 aromatic carbocycles. The molecule has 2 aromatic heterocycles. The van der Waals surface area contributed by atoms with Crippen LogP contribution in [0.1, 0.15) is 5.56 Å². The highest BCUT2D eigenvalue weighted by Crippen LogP contribution is 2.27. The van der Waals surface area contributed by atoms with E-state index in [4.69, 9.17) is 5.14 Å². The number of nitrogens with two attached hydrogens (primary N) is 1. The molecule has 0 amide bonds. The smallest absolute Gasteiger partial charge is 0.180 e. The molecule has 6 nitrogen and oxygen atoms in total. The van der Waals surface area contributed by atoms with Crippen molar-refractivity contribution in [2.75, 3.05) is 5.32 Å². The maximum Gasteiger partial charge on any atom is 0.180 e. The van der Waals surface area contributed by atoms with E-state index in [2.05, 4.69) is 15.3 Å². The topological polar surface area (TPSA) is 88.5 Å². The number of rotatable bonds is 5. The van der Waals surface area contributed by atoms with Crippen molar-refractivity contribution in [1.82, 2.24) is 14.4 Å². The van der Waals surface area contributed by atoms with Crippen LogP contribution >= 0.6 is 11.9 Å². The van der Waals surface area contributed by atoms with Crippen molar-refractivity contribution in [2.45, 2.75) is 11.4 Å². The van der Waals surface area contributed by atoms with E-state index in [0.29, 0.717) is 29.3 Å². The SMILES string of the molecule is NSc1cccc(CNc2nccn3c(-c4ccc(O)c(F)c4)cnc23)c1. The normalized spacial score (nSPS) is 11.0. The van der Waals surface area contributed by atoms with Gasteiger partial charge >= 0.3 is 0 Å². The van der Waals surface area contributed by atoms with Gasteiger partial charge in [0.25, 0.3) is 0 Å². The van der Waals surface area contributed by atoms with Crippen LogP contribution in [0.3, 0.4) is 0 Å². The lowest BCUT2D eigenvalue weighted by atomic mass is 10.1. The molecule has 0 atom stereocenters. The predicted octanol–water partition coefficient (Wildman–Crippen LogP) is 3.82. The third-order valence-corrected chi connectivity index (χ3v) is 4.69. The summed E-state index contributed by atoms with van der Waals surface area (Å²) in [7, 11) is 0. The number of phenols is 1. The maximum absolute atomic E-state index is 13.7. The summed E-state index contributed by atoms with van der Waals surface area (Å²) < 4.78 is 15.5. The fourth-order valence-electron chi connectivity index (χ4n) is 2.84. The first-order chi connectivity index (χ1) is 13.2. The monoisotopic (exact) mass is 381 g/mol. The van der Waals surface area contributed by atoms with Gasteiger partial charge in [0.05, 0.1) is 11.9 Å². The molecule has 4 aromatic rings. The molecule has 27 heavy (non-hydrogen) atoms. The van der Waals surface area contributed by atoms with Crippen LogP contribution in [0.5, 0.6) is 5.75 Å². The predicted molar refractivity (Wildman–Crippen MR) is 104 cm³/mol. The Morgan fingerprint density at radius 2 is 2.07 bits per heavy atom. The van der Waals surface area contributed by atoms with E-state index in [1.54, 1.807) is 24.7 Å². The maximum atomic E-state index is 13.7. The zero-order valence-corrected chi connectivity index (χ0v) is 14.9. The molecule has 0 saturated carbocycles. The molecular formula is C19H16FN5OS. The van der Waals surface area contributed by atoms with Crippen molar-refractivity contribution < 1.29 is 9.50 Å². The molecule has 0 aliphatic carbocycles. The van der Waals surface area contributed by atoms with Gasteiger partial charge in [0.15, 0.2) is 23.0 Å². The lowest BCUT2D eigenvalue weighted by molar-refractivity contribution is 0.432. The van der Waals surface area contributed by atoms with Crippen LogP contribution < -0.4 is 10.5 Å². The number of hydrogen-bond acceptors (Lipinski definition) is 6. The van der Waals surface area contributed by atoms with Gasteiger partial charge < -0.3 is 10.4 Å². The van der Waals surface area contributed by atoms with Gasteiger partial charge in [0, 0.05) is 29.4 Å². The summed E-state index contributed by atoms with van der Waals surface area (Å²) in [5, 5.41) is 18.3. The van der Waals surface area contributed by atoms with E-state index in [1.165, 1.54) is 24.1 Å². The molecule has 0 aliphatic heterocycles. The molecule has 4 rings (SSSR count). The van der Waals surface area contributed by atoms with Crippen LogP contribution in [0, 0.1) is 5.82 Å². The molecule has 8 heteroatoms. The number of aromatic hydroxyl groups is 1. The summed E-state index contributed by atoms with van der Waals surface area (Å²) in [5.74, 6) is -0.434. The third-order valence-electron chi connectivity index (χ3n) is 4.17. The molecule has 0 bridgehead atoms. The van der Waals surface area contributed by atoms with Crippen molar-refractivity contribution in [1.29, 1.82) is 0 Å². The van der Waals surface area contributed by atoms with Crippen molar-refractivity contribution in [3.05, 3.63) is 72.4 Å². The number of nitrogens with zero attached hydrogens (tertiary/aromatic N) is 3. The average molecular weight is 381 g/mol. The number of aromatic nitrogens is 3. The Kier molecular flexibility index (Phi) is 4.66. The second-order valence-corrected chi connectivity index (χ2v) is 6.61. The Morgan fingerprint density at radius 3 is 2.89 bits per heavy atom. The van der Waals surface area contributed by atoms with Gasteiger partial charge in [0.1, 0.15) is 0 Å². The van der Waals surface area contributed by atoms with Gasteiger partial charge in [0.2, 0.25) is 0 Å². The first-order valence-corrected chi connectivity index (χ1v) is 9.04. The number of anilines is 1. The van der Waals surface area contributed by atoms with Crippen molar-refractivity contribution in [2.24, 2.45) is 5.14 Å². The van der Waals surface area contributed by atoms with Crippen LogP contribution in [0.15, 0.2) is 66.0 Å². The molecule has 0 saturated heterocycles. The number of imidazole rings is 1. The molecule has 0 unspecified atom stereocenters. The second kappa shape index (κ2) is 7.26. The minimum Gasteiger partial charge on any atom is -0.505 e. The van der Waals surface area contributed by atoms with E-state index in [-0.39, 0.29) is 5.75 Å². The quantitative estimate of drug-likeness (QED) is 0.456. The Morgan fingerprint density at radius 1 is 1.19 bits per heavy atom. The zero-order chi connectivity index (χ0) is 18.8. The summed E-state index contributed by atoms with van der Waals surface area (Å²) in [4.78, 5) is 9.77. The van der Waals surface area contributed by atoms with Crippen molar-refractivity contribution in [3.8, 4) is 17.0 Å². The van der Waals surface area contributed by atoms with E-state index < -0.39 is 5.82 Å². The lowest BCUT2D eigenvalue weighted by Crippen LogP contribution is -2.04. The van der Waals surface area contributed by atoms with Gasteiger partial charge in [-0.3, -0.25) is 9.54 Å². The molecule has 136 valence electrons. The molecule has 0 fully saturated rings. The van der Waals surface area contributed by atoms with E-state index in [0.717, 1.165) is 10.5 Å². The van der Waals surface area contributed by atoms with Crippen LogP contribution in [0.2, 0.25) is 0 Å². The molecular weight excluding hydrogens is 365 g/mol. The summed E-state index contributed by atoms with van der Waals surface area (Å²) in [5.41, 5.74) is 3.02. The summed E-state index contributed by atoms with van der Waals surface area (Å²) in [6.07, 6.45) is 5.07. The highest BCUT2D eigenvalue weighted by molar-refractivity contribution is 7.97. The van der Waals surface area contributed by atoms with Crippen LogP contribution in [0.4, 0.5) is 10.2 Å². The number of hydrogen-bond donors (Lipinski definition) is 3. The fraction of sp³-hybridized carbons (Fsp3) is 0.0526. The fourth-order valence-corrected chi connectivity index (χ4v) is 3.21. The standard InChI is InChI=1S/C19H16FN5OS/c20-15-9-13(4-5-17(15)26)16-11-24-19-18(22-6-7-25(16)19)23-10-12-2-1-3-14(8-12)27-21/h1-9,11,26H,10,21H2,(H,22,23). The first kappa shape index (κ1) is 17.3. The molecule has 0 aliphatic rings. The van der Waals surface area contributed by atoms with Crippen LogP contribution in [-0.4, -0.2) is 19.5 Å². The van der Waals surface area contributed by atoms with E-state index in [1.807, 2.05) is 28.7 Å². The van der Waals surface area contributed by atoms with Crippen LogP contribution in [-0.2, 0) is 6.54 Å². The minimum atomic E-state index is -0.674. The summed E-state index contributed by atoms with van der Waals surface area (Å²) in [6.45, 7) is 0.567. The first-order valence-electron chi connectivity index (χ1n) is 8.16. The highest BCUT2D eigenvalue weighted by atomic mass is 32.2. The summed E-state index contributed by atoms with van der Waals surface area (Å²) >= 11 is 1.20. The highest BCUT2D eigenvalue weighted by Gasteiger charge is 2.12. The molecule has 4 N–H and O–H groups in total. The average Bonchev–Trinajstić information content (AvgIpc) is 3.13. The summed E-state index contributed by atoms with van der Waals surface area (Å²) in [6, 6.07) is 12.2. The lowest BCUT2D eigenvalue weighted by Gasteiger charge is -2.09.